The van der Waals surface area contributed by atoms with E-state index in [0.29, 0.717) is 5.69 Å². The van der Waals surface area contributed by atoms with Crippen LogP contribution in [0.25, 0.3) is 4.85 Å². The van der Waals surface area contributed by atoms with Crippen LogP contribution in [0, 0.1) is 6.57 Å². The second-order valence-electron chi connectivity index (χ2n) is 1.97. The monoisotopic (exact) mass is 132 g/mol. The van der Waals surface area contributed by atoms with E-state index in [4.69, 9.17) is 6.57 Å². The van der Waals surface area contributed by atoms with Crippen molar-refractivity contribution in [1.29, 1.82) is 0 Å². The molecule has 2 heteroatoms. The number of pyridine rings is 1. The predicted octanol–water partition coefficient (Wildman–Crippen LogP) is 2.19. The summed E-state index contributed by atoms with van der Waals surface area (Å²) in [4.78, 5) is 7.29. The number of hydrogen-bond donors (Lipinski definition) is 0. The molecule has 1 aromatic rings. The van der Waals surface area contributed by atoms with Gasteiger partial charge in [-0.3, -0.25) is 4.98 Å². The smallest absolute Gasteiger partial charge is 0.205 e. The molecular weight excluding hydrogens is 124 g/mol. The number of aromatic nitrogens is 1. The van der Waals surface area contributed by atoms with Crippen LogP contribution in [-0.4, -0.2) is 4.98 Å². The number of nitrogens with zero attached hydrogens (tertiary/aromatic N) is 2. The Morgan fingerprint density at radius 1 is 1.60 bits per heavy atom. The molecule has 0 spiro atoms. The van der Waals surface area contributed by atoms with Gasteiger partial charge in [-0.05, 0) is 6.42 Å². The van der Waals surface area contributed by atoms with Gasteiger partial charge >= 0.3 is 0 Å². The molecule has 0 aliphatic heterocycles. The lowest BCUT2D eigenvalue weighted by Crippen LogP contribution is -1.82. The molecule has 0 amide bonds. The molecule has 50 valence electrons. The van der Waals surface area contributed by atoms with E-state index in [2.05, 4.69) is 9.83 Å². The highest BCUT2D eigenvalue weighted by Crippen LogP contribution is 2.09. The van der Waals surface area contributed by atoms with Gasteiger partial charge in [0.15, 0.2) is 0 Å². The Balaban J connectivity index is 2.93. The summed E-state index contributed by atoms with van der Waals surface area (Å²) in [6.07, 6.45) is 2.53. The van der Waals surface area contributed by atoms with Crippen molar-refractivity contribution >= 4 is 5.69 Å². The summed E-state index contributed by atoms with van der Waals surface area (Å²) in [5, 5.41) is 0. The summed E-state index contributed by atoms with van der Waals surface area (Å²) in [6.45, 7) is 8.70. The van der Waals surface area contributed by atoms with Crippen LogP contribution in [0.1, 0.15) is 12.6 Å². The first kappa shape index (κ1) is 6.76. The number of hydrogen-bond acceptors (Lipinski definition) is 1. The standard InChI is InChI=1S/C8H8N2/c1-3-7-4-5-8(9-2)6-10-7/h4-6H,3H2,1H3. The SMILES string of the molecule is [C-]#[N+]c1ccc(CC)nc1. The van der Waals surface area contributed by atoms with Crippen LogP contribution in [0.5, 0.6) is 0 Å². The van der Waals surface area contributed by atoms with Crippen LogP contribution in [-0.2, 0) is 6.42 Å². The Hall–Kier alpha value is -1.36. The van der Waals surface area contributed by atoms with E-state index in [9.17, 15) is 0 Å². The minimum atomic E-state index is 0.609. The summed E-state index contributed by atoms with van der Waals surface area (Å²) in [6, 6.07) is 3.67. The number of rotatable bonds is 1. The van der Waals surface area contributed by atoms with E-state index in [0.717, 1.165) is 12.1 Å². The molecule has 1 aromatic heterocycles. The summed E-state index contributed by atoms with van der Waals surface area (Å²) >= 11 is 0. The summed E-state index contributed by atoms with van der Waals surface area (Å²) in [5.74, 6) is 0. The molecule has 0 aromatic carbocycles. The van der Waals surface area contributed by atoms with Gasteiger partial charge in [0.2, 0.25) is 5.69 Å². The highest BCUT2D eigenvalue weighted by Gasteiger charge is 1.90. The van der Waals surface area contributed by atoms with Crippen molar-refractivity contribution in [2.24, 2.45) is 0 Å². The van der Waals surface area contributed by atoms with E-state index >= 15 is 0 Å². The molecule has 0 saturated heterocycles. The normalized spacial score (nSPS) is 8.80. The molecule has 10 heavy (non-hydrogen) atoms. The van der Waals surface area contributed by atoms with Gasteiger partial charge < -0.3 is 0 Å². The highest BCUT2D eigenvalue weighted by molar-refractivity contribution is 5.41. The van der Waals surface area contributed by atoms with Gasteiger partial charge in [0, 0.05) is 11.9 Å². The Morgan fingerprint density at radius 3 is 2.80 bits per heavy atom. The molecule has 0 aliphatic rings. The third kappa shape index (κ3) is 1.32. The second-order valence-corrected chi connectivity index (χ2v) is 1.97. The van der Waals surface area contributed by atoms with Crippen molar-refractivity contribution in [2.45, 2.75) is 13.3 Å². The Bertz CT molecular complexity index is 243. The topological polar surface area (TPSA) is 17.2 Å². The van der Waals surface area contributed by atoms with Crippen LogP contribution in [0.3, 0.4) is 0 Å². The molecule has 0 aliphatic carbocycles. The maximum Gasteiger partial charge on any atom is 0.205 e. The second kappa shape index (κ2) is 2.98. The zero-order valence-corrected chi connectivity index (χ0v) is 5.83. The zero-order chi connectivity index (χ0) is 7.40. The minimum absolute atomic E-state index is 0.609. The van der Waals surface area contributed by atoms with Crippen molar-refractivity contribution in [2.75, 3.05) is 0 Å². The van der Waals surface area contributed by atoms with Crippen molar-refractivity contribution < 1.29 is 0 Å². The molecule has 0 unspecified atom stereocenters. The quantitative estimate of drug-likeness (QED) is 0.535. The van der Waals surface area contributed by atoms with Gasteiger partial charge in [-0.15, -0.1) is 0 Å². The predicted molar refractivity (Wildman–Crippen MR) is 39.9 cm³/mol. The van der Waals surface area contributed by atoms with E-state index in [1.165, 1.54) is 0 Å². The maximum atomic E-state index is 6.66. The van der Waals surface area contributed by atoms with Gasteiger partial charge in [0.1, 0.15) is 0 Å². The number of aryl methyl sites for hydroxylation is 1. The highest BCUT2D eigenvalue weighted by atomic mass is 14.7. The fourth-order valence-electron chi connectivity index (χ4n) is 0.692. The average molecular weight is 132 g/mol. The molecule has 2 nitrogen and oxygen atoms in total. The van der Waals surface area contributed by atoms with Gasteiger partial charge in [-0.25, -0.2) is 4.85 Å². The lowest BCUT2D eigenvalue weighted by molar-refractivity contribution is 1.04. The van der Waals surface area contributed by atoms with Crippen LogP contribution < -0.4 is 0 Å². The summed E-state index contributed by atoms with van der Waals surface area (Å²) in [7, 11) is 0. The van der Waals surface area contributed by atoms with Crippen LogP contribution >= 0.6 is 0 Å². The molecule has 0 radical (unpaired) electrons. The zero-order valence-electron chi connectivity index (χ0n) is 5.83. The first-order valence-electron chi connectivity index (χ1n) is 3.19. The van der Waals surface area contributed by atoms with Crippen molar-refractivity contribution in [3.8, 4) is 0 Å². The van der Waals surface area contributed by atoms with E-state index in [1.54, 1.807) is 12.3 Å². The molecule has 0 bridgehead atoms. The molecule has 1 rings (SSSR count). The molecular formula is C8H8N2. The molecule has 0 N–H and O–H groups in total. The van der Waals surface area contributed by atoms with E-state index < -0.39 is 0 Å². The van der Waals surface area contributed by atoms with Crippen molar-refractivity contribution in [1.82, 2.24) is 4.98 Å². The Kier molecular flexibility index (Phi) is 2.01. The van der Waals surface area contributed by atoms with Gasteiger partial charge in [-0.1, -0.05) is 19.1 Å². The van der Waals surface area contributed by atoms with Gasteiger partial charge in [-0.2, -0.15) is 0 Å². The average Bonchev–Trinajstić information content (AvgIpc) is 2.05. The minimum Gasteiger partial charge on any atom is -0.273 e. The molecule has 0 saturated carbocycles. The fraction of sp³-hybridized carbons (Fsp3) is 0.250. The first-order valence-corrected chi connectivity index (χ1v) is 3.19. The lowest BCUT2D eigenvalue weighted by Gasteiger charge is -1.92. The summed E-state index contributed by atoms with van der Waals surface area (Å²) in [5.41, 5.74) is 1.64. The van der Waals surface area contributed by atoms with E-state index in [-0.39, 0.29) is 0 Å². The first-order chi connectivity index (χ1) is 4.86. The van der Waals surface area contributed by atoms with Crippen molar-refractivity contribution in [3.63, 3.8) is 0 Å². The van der Waals surface area contributed by atoms with Crippen molar-refractivity contribution in [3.05, 3.63) is 35.4 Å². The molecule has 1 heterocycles. The largest absolute Gasteiger partial charge is 0.273 e. The van der Waals surface area contributed by atoms with Crippen LogP contribution in [0.15, 0.2) is 18.3 Å². The Morgan fingerprint density at radius 2 is 2.40 bits per heavy atom. The molecule has 0 fully saturated rings. The van der Waals surface area contributed by atoms with Gasteiger partial charge in [0.05, 0.1) is 6.57 Å². The fourth-order valence-corrected chi connectivity index (χ4v) is 0.692. The lowest BCUT2D eigenvalue weighted by atomic mass is 10.3. The van der Waals surface area contributed by atoms with Gasteiger partial charge in [0.25, 0.3) is 0 Å². The molecule has 0 atom stereocenters. The Labute approximate surface area is 60.3 Å². The maximum absolute atomic E-state index is 6.66. The van der Waals surface area contributed by atoms with Crippen LogP contribution in [0.4, 0.5) is 5.69 Å². The summed E-state index contributed by atoms with van der Waals surface area (Å²) < 4.78 is 0. The van der Waals surface area contributed by atoms with E-state index in [1.807, 2.05) is 13.0 Å². The third-order valence-corrected chi connectivity index (χ3v) is 1.30. The van der Waals surface area contributed by atoms with Crippen LogP contribution in [0.2, 0.25) is 0 Å². The third-order valence-electron chi connectivity index (χ3n) is 1.30.